The Bertz CT molecular complexity index is 550. The third-order valence-corrected chi connectivity index (χ3v) is 2.15. The van der Waals surface area contributed by atoms with E-state index in [1.165, 1.54) is 29.5 Å². The average molecular weight is 234 g/mol. The predicted octanol–water partition coefficient (Wildman–Crippen LogP) is 0.414. The number of hydrogen-bond acceptors (Lipinski definition) is 5. The van der Waals surface area contributed by atoms with Crippen molar-refractivity contribution in [1.82, 2.24) is 19.7 Å². The molecule has 0 aliphatic heterocycles. The summed E-state index contributed by atoms with van der Waals surface area (Å²) in [5.74, 6) is -0.756. The molecule has 0 aromatic carbocycles. The molecule has 88 valence electrons. The Balaban J connectivity index is 2.48. The second kappa shape index (κ2) is 4.30. The van der Waals surface area contributed by atoms with Crippen LogP contribution in [0.4, 0.5) is 0 Å². The topological polar surface area (TPSA) is 101 Å². The van der Waals surface area contributed by atoms with E-state index in [9.17, 15) is 9.90 Å². The fourth-order valence-corrected chi connectivity index (χ4v) is 1.36. The SMILES string of the molecule is CC(O)c1nccnc1-n1cc(C(=O)O)cn1. The normalized spacial score (nSPS) is 12.4. The fourth-order valence-electron chi connectivity index (χ4n) is 1.36. The van der Waals surface area contributed by atoms with Gasteiger partial charge in [-0.1, -0.05) is 0 Å². The standard InChI is InChI=1S/C10H10N4O3/c1-6(15)8-9(12-3-2-11-8)14-5-7(4-13-14)10(16)17/h2-6,15H,1H3,(H,16,17). The summed E-state index contributed by atoms with van der Waals surface area (Å²) in [7, 11) is 0. The molecule has 0 saturated heterocycles. The molecule has 0 radical (unpaired) electrons. The van der Waals surface area contributed by atoms with Crippen molar-refractivity contribution in [2.24, 2.45) is 0 Å². The first kappa shape index (κ1) is 11.2. The number of carboxylic acid groups (broad SMARTS) is 1. The monoisotopic (exact) mass is 234 g/mol. The number of carbonyl (C=O) groups is 1. The molecule has 7 heteroatoms. The van der Waals surface area contributed by atoms with Gasteiger partial charge in [0.2, 0.25) is 0 Å². The van der Waals surface area contributed by atoms with Crippen LogP contribution in [0.2, 0.25) is 0 Å². The zero-order chi connectivity index (χ0) is 12.4. The fraction of sp³-hybridized carbons (Fsp3) is 0.200. The lowest BCUT2D eigenvalue weighted by Gasteiger charge is -2.08. The third kappa shape index (κ3) is 2.13. The van der Waals surface area contributed by atoms with Gasteiger partial charge in [0, 0.05) is 18.6 Å². The third-order valence-electron chi connectivity index (χ3n) is 2.15. The van der Waals surface area contributed by atoms with E-state index < -0.39 is 12.1 Å². The van der Waals surface area contributed by atoms with E-state index in [1.54, 1.807) is 6.92 Å². The van der Waals surface area contributed by atoms with E-state index in [2.05, 4.69) is 15.1 Å². The van der Waals surface area contributed by atoms with Crippen LogP contribution in [0.1, 0.15) is 29.1 Å². The molecule has 0 aliphatic rings. The van der Waals surface area contributed by atoms with Crippen LogP contribution >= 0.6 is 0 Å². The van der Waals surface area contributed by atoms with Crippen molar-refractivity contribution in [3.05, 3.63) is 36.0 Å². The number of aromatic nitrogens is 4. The van der Waals surface area contributed by atoms with E-state index in [-0.39, 0.29) is 5.56 Å². The van der Waals surface area contributed by atoms with E-state index in [0.29, 0.717) is 11.5 Å². The van der Waals surface area contributed by atoms with Gasteiger partial charge in [0.15, 0.2) is 5.82 Å². The number of rotatable bonds is 3. The second-order valence-electron chi connectivity index (χ2n) is 3.42. The van der Waals surface area contributed by atoms with Gasteiger partial charge in [0.25, 0.3) is 0 Å². The molecular weight excluding hydrogens is 224 g/mol. The first-order chi connectivity index (χ1) is 8.09. The van der Waals surface area contributed by atoms with Crippen LogP contribution in [0.15, 0.2) is 24.8 Å². The minimum absolute atomic E-state index is 0.0483. The van der Waals surface area contributed by atoms with E-state index in [4.69, 9.17) is 5.11 Å². The van der Waals surface area contributed by atoms with Crippen LogP contribution in [-0.2, 0) is 0 Å². The van der Waals surface area contributed by atoms with E-state index >= 15 is 0 Å². The molecule has 0 fully saturated rings. The number of nitrogens with zero attached hydrogens (tertiary/aromatic N) is 4. The van der Waals surface area contributed by atoms with E-state index in [0.717, 1.165) is 0 Å². The summed E-state index contributed by atoms with van der Waals surface area (Å²) in [5, 5.41) is 22.2. The summed E-state index contributed by atoms with van der Waals surface area (Å²) < 4.78 is 1.28. The average Bonchev–Trinajstić information content (AvgIpc) is 2.78. The molecule has 17 heavy (non-hydrogen) atoms. The number of carboxylic acids is 1. The largest absolute Gasteiger partial charge is 0.478 e. The Labute approximate surface area is 96.4 Å². The molecule has 0 aliphatic carbocycles. The summed E-state index contributed by atoms with van der Waals surface area (Å²) in [6.45, 7) is 1.55. The smallest absolute Gasteiger partial charge is 0.338 e. The number of hydrogen-bond donors (Lipinski definition) is 2. The van der Waals surface area contributed by atoms with Gasteiger partial charge in [-0.15, -0.1) is 0 Å². The maximum absolute atomic E-state index is 10.7. The first-order valence-electron chi connectivity index (χ1n) is 4.87. The van der Waals surface area contributed by atoms with Crippen molar-refractivity contribution in [3.63, 3.8) is 0 Å². The number of aromatic carboxylic acids is 1. The minimum atomic E-state index is -1.07. The van der Waals surface area contributed by atoms with Crippen LogP contribution in [0.25, 0.3) is 5.82 Å². The molecule has 2 rings (SSSR count). The number of aliphatic hydroxyl groups excluding tert-OH is 1. The Morgan fingerprint density at radius 1 is 1.41 bits per heavy atom. The molecule has 2 N–H and O–H groups in total. The quantitative estimate of drug-likeness (QED) is 0.797. The summed E-state index contributed by atoms with van der Waals surface area (Å²) in [6.07, 6.45) is 4.62. The van der Waals surface area contributed by atoms with Gasteiger partial charge >= 0.3 is 5.97 Å². The molecule has 2 heterocycles. The Hall–Kier alpha value is -2.28. The second-order valence-corrected chi connectivity index (χ2v) is 3.42. The van der Waals surface area contributed by atoms with Crippen LogP contribution in [0.5, 0.6) is 0 Å². The lowest BCUT2D eigenvalue weighted by molar-refractivity contribution is 0.0697. The lowest BCUT2D eigenvalue weighted by atomic mass is 10.3. The highest BCUT2D eigenvalue weighted by atomic mass is 16.4. The van der Waals surface area contributed by atoms with Crippen molar-refractivity contribution in [2.45, 2.75) is 13.0 Å². The van der Waals surface area contributed by atoms with Crippen molar-refractivity contribution in [1.29, 1.82) is 0 Å². The summed E-state index contributed by atoms with van der Waals surface area (Å²) >= 11 is 0. The van der Waals surface area contributed by atoms with Gasteiger partial charge in [-0.2, -0.15) is 5.10 Å². The predicted molar refractivity (Wildman–Crippen MR) is 56.7 cm³/mol. The molecule has 7 nitrogen and oxygen atoms in total. The molecule has 0 amide bonds. The highest BCUT2D eigenvalue weighted by molar-refractivity contribution is 5.86. The molecule has 0 spiro atoms. The van der Waals surface area contributed by atoms with Crippen LogP contribution in [-0.4, -0.2) is 35.9 Å². The van der Waals surface area contributed by atoms with Gasteiger partial charge < -0.3 is 10.2 Å². The van der Waals surface area contributed by atoms with Gasteiger partial charge in [0.1, 0.15) is 5.69 Å². The van der Waals surface area contributed by atoms with Gasteiger partial charge in [0.05, 0.1) is 17.9 Å². The minimum Gasteiger partial charge on any atom is -0.478 e. The Morgan fingerprint density at radius 2 is 2.12 bits per heavy atom. The van der Waals surface area contributed by atoms with Crippen molar-refractivity contribution in [3.8, 4) is 5.82 Å². The van der Waals surface area contributed by atoms with Crippen LogP contribution in [0, 0.1) is 0 Å². The molecule has 0 bridgehead atoms. The maximum atomic E-state index is 10.7. The van der Waals surface area contributed by atoms with Gasteiger partial charge in [-0.25, -0.2) is 14.5 Å². The summed E-state index contributed by atoms with van der Waals surface area (Å²) in [5.41, 5.74) is 0.389. The zero-order valence-corrected chi connectivity index (χ0v) is 8.98. The lowest BCUT2D eigenvalue weighted by Crippen LogP contribution is -2.07. The van der Waals surface area contributed by atoms with Crippen molar-refractivity contribution in [2.75, 3.05) is 0 Å². The highest BCUT2D eigenvalue weighted by Crippen LogP contribution is 2.16. The maximum Gasteiger partial charge on any atom is 0.338 e. The highest BCUT2D eigenvalue weighted by Gasteiger charge is 2.14. The van der Waals surface area contributed by atoms with Gasteiger partial charge in [-0.3, -0.25) is 4.98 Å². The Kier molecular flexibility index (Phi) is 2.84. The first-order valence-corrected chi connectivity index (χ1v) is 4.87. The molecule has 1 atom stereocenters. The van der Waals surface area contributed by atoms with Crippen LogP contribution < -0.4 is 0 Å². The molecular formula is C10H10N4O3. The molecule has 2 aromatic rings. The zero-order valence-electron chi connectivity index (χ0n) is 8.98. The molecule has 2 aromatic heterocycles. The number of aliphatic hydroxyl groups is 1. The van der Waals surface area contributed by atoms with E-state index in [1.807, 2.05) is 0 Å². The van der Waals surface area contributed by atoms with Crippen molar-refractivity contribution >= 4 is 5.97 Å². The molecule has 1 unspecified atom stereocenters. The van der Waals surface area contributed by atoms with Gasteiger partial charge in [-0.05, 0) is 6.92 Å². The van der Waals surface area contributed by atoms with Crippen molar-refractivity contribution < 1.29 is 15.0 Å². The summed E-state index contributed by atoms with van der Waals surface area (Å²) in [4.78, 5) is 18.7. The Morgan fingerprint density at radius 3 is 2.71 bits per heavy atom. The molecule has 0 saturated carbocycles. The summed E-state index contributed by atoms with van der Waals surface area (Å²) in [6, 6.07) is 0. The van der Waals surface area contributed by atoms with Crippen LogP contribution in [0.3, 0.4) is 0 Å².